The maximum absolute atomic E-state index is 5.88. The molecule has 0 heterocycles. The van der Waals surface area contributed by atoms with Gasteiger partial charge in [0.1, 0.15) is 0 Å². The Bertz CT molecular complexity index is 214. The van der Waals surface area contributed by atoms with E-state index in [1.54, 1.807) is 7.11 Å². The van der Waals surface area contributed by atoms with Crippen LogP contribution in [0.5, 0.6) is 0 Å². The smallest absolute Gasteiger partial charge is 0.0637 e. The lowest BCUT2D eigenvalue weighted by atomic mass is 9.97. The van der Waals surface area contributed by atoms with Gasteiger partial charge in [-0.2, -0.15) is 0 Å². The zero-order chi connectivity index (χ0) is 12.3. The highest BCUT2D eigenvalue weighted by molar-refractivity contribution is 4.90. The molecule has 0 aromatic rings. The Labute approximate surface area is 100 Å². The van der Waals surface area contributed by atoms with Gasteiger partial charge in [0, 0.05) is 25.7 Å². The van der Waals surface area contributed by atoms with Crippen LogP contribution in [-0.2, 0) is 4.74 Å². The summed E-state index contributed by atoms with van der Waals surface area (Å²) in [6.07, 6.45) is 3.75. The van der Waals surface area contributed by atoms with E-state index in [-0.39, 0.29) is 5.60 Å². The van der Waals surface area contributed by atoms with Crippen LogP contribution in [0, 0.1) is 5.92 Å². The molecule has 2 N–H and O–H groups in total. The third-order valence-corrected chi connectivity index (χ3v) is 3.97. The zero-order valence-corrected chi connectivity index (χ0v) is 11.5. The van der Waals surface area contributed by atoms with E-state index in [0.29, 0.717) is 12.1 Å². The van der Waals surface area contributed by atoms with E-state index in [2.05, 4.69) is 32.7 Å². The van der Waals surface area contributed by atoms with Gasteiger partial charge in [-0.25, -0.2) is 0 Å². The predicted molar refractivity (Wildman–Crippen MR) is 68.5 cm³/mol. The van der Waals surface area contributed by atoms with Gasteiger partial charge in [0.2, 0.25) is 0 Å². The molecule has 2 atom stereocenters. The lowest BCUT2D eigenvalue weighted by Crippen LogP contribution is -2.47. The lowest BCUT2D eigenvalue weighted by Gasteiger charge is -2.36. The molecule has 1 rings (SSSR count). The quantitative estimate of drug-likeness (QED) is 0.723. The van der Waals surface area contributed by atoms with Gasteiger partial charge in [-0.1, -0.05) is 0 Å². The Hall–Kier alpha value is -0.120. The fourth-order valence-electron chi connectivity index (χ4n) is 2.44. The molecular formula is C13H28N2O. The molecular weight excluding hydrogens is 200 g/mol. The molecule has 0 amide bonds. The Kier molecular flexibility index (Phi) is 4.77. The number of hydrogen-bond donors (Lipinski definition) is 1. The van der Waals surface area contributed by atoms with E-state index in [4.69, 9.17) is 10.5 Å². The molecule has 0 spiro atoms. The summed E-state index contributed by atoms with van der Waals surface area (Å²) >= 11 is 0. The molecule has 3 nitrogen and oxygen atoms in total. The van der Waals surface area contributed by atoms with Gasteiger partial charge in [0.05, 0.1) is 5.60 Å². The summed E-state index contributed by atoms with van der Waals surface area (Å²) in [6, 6.07) is 1.08. The number of hydrogen-bond acceptors (Lipinski definition) is 3. The van der Waals surface area contributed by atoms with Crippen molar-refractivity contribution in [1.82, 2.24) is 4.90 Å². The van der Waals surface area contributed by atoms with Crippen molar-refractivity contribution in [2.75, 3.05) is 20.7 Å². The minimum Gasteiger partial charge on any atom is -0.379 e. The number of nitrogens with two attached hydrogens (primary N) is 1. The topological polar surface area (TPSA) is 38.5 Å². The molecule has 3 heteroatoms. The number of likely N-dealkylation sites (N-methyl/N-ethyl adjacent to an activating group) is 1. The van der Waals surface area contributed by atoms with Crippen LogP contribution in [-0.4, -0.2) is 43.3 Å². The fraction of sp³-hybridized carbons (Fsp3) is 1.00. The maximum atomic E-state index is 5.88. The van der Waals surface area contributed by atoms with Crippen LogP contribution in [0.4, 0.5) is 0 Å². The minimum absolute atomic E-state index is 0.0453. The van der Waals surface area contributed by atoms with E-state index >= 15 is 0 Å². The summed E-state index contributed by atoms with van der Waals surface area (Å²) in [7, 11) is 3.99. The minimum atomic E-state index is -0.0453. The highest BCUT2D eigenvalue weighted by Crippen LogP contribution is 2.35. The molecule has 0 saturated heterocycles. The average Bonchev–Trinajstić information content (AvgIpc) is 3.02. The molecule has 0 radical (unpaired) electrons. The number of ether oxygens (including phenoxy) is 1. The van der Waals surface area contributed by atoms with Crippen molar-refractivity contribution >= 4 is 0 Å². The zero-order valence-electron chi connectivity index (χ0n) is 11.5. The molecule has 1 saturated carbocycles. The van der Waals surface area contributed by atoms with Gasteiger partial charge in [0.25, 0.3) is 0 Å². The third-order valence-electron chi connectivity index (χ3n) is 3.97. The highest BCUT2D eigenvalue weighted by Gasteiger charge is 2.35. The van der Waals surface area contributed by atoms with Crippen LogP contribution in [0.2, 0.25) is 0 Å². The first-order valence-electron chi connectivity index (χ1n) is 6.38. The average molecular weight is 228 g/mol. The van der Waals surface area contributed by atoms with Gasteiger partial charge >= 0.3 is 0 Å². The van der Waals surface area contributed by atoms with Gasteiger partial charge in [-0.15, -0.1) is 0 Å². The second-order valence-corrected chi connectivity index (χ2v) is 5.82. The molecule has 0 aromatic carbocycles. The lowest BCUT2D eigenvalue weighted by molar-refractivity contribution is -0.00883. The van der Waals surface area contributed by atoms with Crippen molar-refractivity contribution in [3.63, 3.8) is 0 Å². The maximum Gasteiger partial charge on any atom is 0.0637 e. The molecule has 2 unspecified atom stereocenters. The molecule has 0 aromatic heterocycles. The van der Waals surface area contributed by atoms with Crippen molar-refractivity contribution in [3.8, 4) is 0 Å². The first-order valence-corrected chi connectivity index (χ1v) is 6.38. The van der Waals surface area contributed by atoms with Gasteiger partial charge in [0.15, 0.2) is 0 Å². The van der Waals surface area contributed by atoms with Crippen LogP contribution in [0.1, 0.15) is 40.0 Å². The number of methoxy groups -OCH3 is 1. The van der Waals surface area contributed by atoms with Gasteiger partial charge in [-0.05, 0) is 53.0 Å². The summed E-state index contributed by atoms with van der Waals surface area (Å²) in [4.78, 5) is 2.44. The van der Waals surface area contributed by atoms with Gasteiger partial charge in [-0.3, -0.25) is 4.90 Å². The second-order valence-electron chi connectivity index (χ2n) is 5.82. The molecule has 0 aliphatic heterocycles. The van der Waals surface area contributed by atoms with Crippen LogP contribution in [0.15, 0.2) is 0 Å². The Morgan fingerprint density at radius 3 is 2.38 bits per heavy atom. The molecule has 1 fully saturated rings. The normalized spacial score (nSPS) is 21.2. The third kappa shape index (κ3) is 3.72. The van der Waals surface area contributed by atoms with Crippen molar-refractivity contribution in [1.29, 1.82) is 0 Å². The largest absolute Gasteiger partial charge is 0.379 e. The predicted octanol–water partition coefficient (Wildman–Crippen LogP) is 1.86. The van der Waals surface area contributed by atoms with E-state index in [0.717, 1.165) is 18.9 Å². The molecule has 96 valence electrons. The Morgan fingerprint density at radius 1 is 1.44 bits per heavy atom. The standard InChI is InChI=1S/C13H28N2O/c1-10(8-13(2,3)16-5)15(4)12(9-14)11-6-7-11/h10-12H,6-9,14H2,1-5H3. The Balaban J connectivity index is 2.48. The monoisotopic (exact) mass is 228 g/mol. The SMILES string of the molecule is COC(C)(C)CC(C)N(C)C(CN)C1CC1. The highest BCUT2D eigenvalue weighted by atomic mass is 16.5. The first-order chi connectivity index (χ1) is 7.41. The van der Waals surface area contributed by atoms with E-state index in [1.165, 1.54) is 12.8 Å². The molecule has 1 aliphatic rings. The van der Waals surface area contributed by atoms with Crippen LogP contribution in [0.25, 0.3) is 0 Å². The van der Waals surface area contributed by atoms with Gasteiger partial charge < -0.3 is 10.5 Å². The van der Waals surface area contributed by atoms with Crippen LogP contribution in [0.3, 0.4) is 0 Å². The van der Waals surface area contributed by atoms with Crippen molar-refractivity contribution in [3.05, 3.63) is 0 Å². The summed E-state index contributed by atoms with van der Waals surface area (Å²) in [5.74, 6) is 0.836. The summed E-state index contributed by atoms with van der Waals surface area (Å²) < 4.78 is 5.49. The molecule has 0 bridgehead atoms. The number of nitrogens with zero attached hydrogens (tertiary/aromatic N) is 1. The summed E-state index contributed by atoms with van der Waals surface area (Å²) in [6.45, 7) is 7.34. The Morgan fingerprint density at radius 2 is 2.00 bits per heavy atom. The first kappa shape index (κ1) is 13.9. The van der Waals surface area contributed by atoms with E-state index < -0.39 is 0 Å². The van der Waals surface area contributed by atoms with Crippen LogP contribution >= 0.6 is 0 Å². The van der Waals surface area contributed by atoms with E-state index in [9.17, 15) is 0 Å². The van der Waals surface area contributed by atoms with Crippen LogP contribution < -0.4 is 5.73 Å². The fourth-order valence-corrected chi connectivity index (χ4v) is 2.44. The van der Waals surface area contributed by atoms with E-state index in [1.807, 2.05) is 0 Å². The second kappa shape index (κ2) is 5.48. The van der Waals surface area contributed by atoms with Crippen molar-refractivity contribution in [2.24, 2.45) is 11.7 Å². The summed E-state index contributed by atoms with van der Waals surface area (Å²) in [5, 5.41) is 0. The molecule has 1 aliphatic carbocycles. The van der Waals surface area contributed by atoms with Crippen molar-refractivity contribution in [2.45, 2.75) is 57.7 Å². The van der Waals surface area contributed by atoms with Crippen molar-refractivity contribution < 1.29 is 4.74 Å². The number of rotatable bonds is 7. The molecule has 16 heavy (non-hydrogen) atoms. The summed E-state index contributed by atoms with van der Waals surface area (Å²) in [5.41, 5.74) is 5.83.